The van der Waals surface area contributed by atoms with E-state index in [0.717, 1.165) is 12.1 Å². The Morgan fingerprint density at radius 3 is 2.07 bits per heavy atom. The van der Waals surface area contributed by atoms with Crippen LogP contribution in [0.25, 0.3) is 0 Å². The second-order valence-corrected chi connectivity index (χ2v) is 5.89. The first-order chi connectivity index (χ1) is 13.4. The molecule has 3 rings (SSSR count). The van der Waals surface area contributed by atoms with Gasteiger partial charge in [-0.1, -0.05) is 0 Å². The summed E-state index contributed by atoms with van der Waals surface area (Å²) in [5.41, 5.74) is 1.86. The predicted octanol–water partition coefficient (Wildman–Crippen LogP) is 4.31. The first-order valence-electron chi connectivity index (χ1n) is 8.28. The molecule has 1 aromatic heterocycles. The van der Waals surface area contributed by atoms with E-state index in [1.165, 1.54) is 25.3 Å². The molecule has 0 fully saturated rings. The molecule has 28 heavy (non-hydrogen) atoms. The van der Waals surface area contributed by atoms with Crippen molar-refractivity contribution in [3.8, 4) is 0 Å². The van der Waals surface area contributed by atoms with Crippen LogP contribution >= 0.6 is 0 Å². The summed E-state index contributed by atoms with van der Waals surface area (Å²) < 4.78 is 26.6. The van der Waals surface area contributed by atoms with Crippen LogP contribution in [-0.2, 0) is 4.79 Å². The molecule has 0 atom stereocenters. The number of carbonyl (C=O) groups is 2. The van der Waals surface area contributed by atoms with Crippen molar-refractivity contribution in [1.82, 2.24) is 4.98 Å². The number of rotatable bonds is 5. The Hall–Kier alpha value is -3.81. The summed E-state index contributed by atoms with van der Waals surface area (Å²) in [6.07, 6.45) is 1.37. The molecule has 2 aromatic carbocycles. The van der Waals surface area contributed by atoms with Crippen LogP contribution in [0.3, 0.4) is 0 Å². The molecular weight excluding hydrogens is 366 g/mol. The number of anilines is 4. The molecule has 8 heteroatoms. The number of hydrogen-bond acceptors (Lipinski definition) is 4. The lowest BCUT2D eigenvalue weighted by Gasteiger charge is -2.09. The van der Waals surface area contributed by atoms with E-state index in [9.17, 15) is 18.4 Å². The van der Waals surface area contributed by atoms with Gasteiger partial charge < -0.3 is 16.0 Å². The minimum absolute atomic E-state index is 0.0969. The van der Waals surface area contributed by atoms with Crippen molar-refractivity contribution in [1.29, 1.82) is 0 Å². The maximum atomic E-state index is 13.7. The van der Waals surface area contributed by atoms with Crippen molar-refractivity contribution in [2.45, 2.75) is 6.92 Å². The number of pyridine rings is 1. The average Bonchev–Trinajstić information content (AvgIpc) is 2.66. The van der Waals surface area contributed by atoms with Gasteiger partial charge in [-0.2, -0.15) is 0 Å². The van der Waals surface area contributed by atoms with Gasteiger partial charge in [0.25, 0.3) is 5.91 Å². The van der Waals surface area contributed by atoms with Crippen molar-refractivity contribution in [3.63, 3.8) is 0 Å². The molecule has 0 bridgehead atoms. The number of hydrogen-bond donors (Lipinski definition) is 3. The van der Waals surface area contributed by atoms with Gasteiger partial charge in [0, 0.05) is 24.4 Å². The van der Waals surface area contributed by atoms with E-state index in [0.29, 0.717) is 17.1 Å². The third kappa shape index (κ3) is 4.88. The minimum atomic E-state index is -0.732. The quantitative estimate of drug-likeness (QED) is 0.614. The summed E-state index contributed by atoms with van der Waals surface area (Å²) in [4.78, 5) is 27.3. The summed E-state index contributed by atoms with van der Waals surface area (Å²) in [5.74, 6) is -2.01. The molecule has 0 aliphatic heterocycles. The Kier molecular flexibility index (Phi) is 5.59. The molecule has 0 saturated carbocycles. The highest BCUT2D eigenvalue weighted by molar-refractivity contribution is 6.03. The average molecular weight is 382 g/mol. The van der Waals surface area contributed by atoms with Crippen LogP contribution in [0.1, 0.15) is 17.4 Å². The Labute approximate surface area is 159 Å². The number of carbonyl (C=O) groups excluding carboxylic acids is 2. The monoisotopic (exact) mass is 382 g/mol. The molecule has 0 aliphatic carbocycles. The standard InChI is InChI=1S/C20H16F2N4O2/c1-12(27)24-14-3-5-15(6-4-14)26-20(28)19-9-7-16(11-23-19)25-18-8-2-13(21)10-17(18)22/h2-11,25H,1H3,(H,24,27)(H,26,28). The summed E-state index contributed by atoms with van der Waals surface area (Å²) >= 11 is 0. The van der Waals surface area contributed by atoms with E-state index in [1.54, 1.807) is 30.3 Å². The zero-order valence-electron chi connectivity index (χ0n) is 14.8. The number of nitrogens with one attached hydrogen (secondary N) is 3. The molecule has 0 radical (unpaired) electrons. The number of amides is 2. The smallest absolute Gasteiger partial charge is 0.274 e. The number of aromatic nitrogens is 1. The van der Waals surface area contributed by atoms with Crippen LogP contribution in [0.4, 0.5) is 31.5 Å². The topological polar surface area (TPSA) is 83.1 Å². The fraction of sp³-hybridized carbons (Fsp3) is 0.0500. The Balaban J connectivity index is 1.64. The van der Waals surface area contributed by atoms with Crippen LogP contribution in [0.5, 0.6) is 0 Å². The van der Waals surface area contributed by atoms with Gasteiger partial charge in [-0.25, -0.2) is 13.8 Å². The maximum Gasteiger partial charge on any atom is 0.274 e. The van der Waals surface area contributed by atoms with Crippen LogP contribution < -0.4 is 16.0 Å². The highest BCUT2D eigenvalue weighted by atomic mass is 19.1. The van der Waals surface area contributed by atoms with Crippen molar-refractivity contribution in [2.75, 3.05) is 16.0 Å². The summed E-state index contributed by atoms with van der Waals surface area (Å²) in [5, 5.41) is 8.09. The fourth-order valence-corrected chi connectivity index (χ4v) is 2.38. The van der Waals surface area contributed by atoms with Crippen LogP contribution in [0, 0.1) is 11.6 Å². The van der Waals surface area contributed by atoms with E-state index < -0.39 is 17.5 Å². The lowest BCUT2D eigenvalue weighted by atomic mass is 10.2. The first-order valence-corrected chi connectivity index (χ1v) is 8.28. The highest BCUT2D eigenvalue weighted by Crippen LogP contribution is 2.20. The third-order valence-corrected chi connectivity index (χ3v) is 3.67. The molecule has 0 unspecified atom stereocenters. The van der Waals surface area contributed by atoms with Gasteiger partial charge in [-0.05, 0) is 48.5 Å². The molecule has 6 nitrogen and oxygen atoms in total. The Morgan fingerprint density at radius 2 is 1.50 bits per heavy atom. The molecule has 3 N–H and O–H groups in total. The maximum absolute atomic E-state index is 13.7. The Morgan fingerprint density at radius 1 is 0.857 bits per heavy atom. The molecule has 0 saturated heterocycles. The molecule has 1 heterocycles. The molecular formula is C20H16F2N4O2. The van der Waals surface area contributed by atoms with Crippen molar-refractivity contribution in [2.24, 2.45) is 0 Å². The summed E-state index contributed by atoms with van der Waals surface area (Å²) in [7, 11) is 0. The van der Waals surface area contributed by atoms with Gasteiger partial charge in [-0.3, -0.25) is 9.59 Å². The molecule has 0 spiro atoms. The van der Waals surface area contributed by atoms with E-state index in [4.69, 9.17) is 0 Å². The van der Waals surface area contributed by atoms with E-state index in [-0.39, 0.29) is 17.3 Å². The van der Waals surface area contributed by atoms with Gasteiger partial charge >= 0.3 is 0 Å². The summed E-state index contributed by atoms with van der Waals surface area (Å²) in [6, 6.07) is 12.8. The molecule has 142 valence electrons. The highest BCUT2D eigenvalue weighted by Gasteiger charge is 2.09. The van der Waals surface area contributed by atoms with Gasteiger partial charge in [0.2, 0.25) is 5.91 Å². The number of halogens is 2. The van der Waals surface area contributed by atoms with Crippen LogP contribution in [0.2, 0.25) is 0 Å². The SMILES string of the molecule is CC(=O)Nc1ccc(NC(=O)c2ccc(Nc3ccc(F)cc3F)cn2)cc1. The zero-order valence-corrected chi connectivity index (χ0v) is 14.8. The lowest BCUT2D eigenvalue weighted by molar-refractivity contribution is -0.114. The third-order valence-electron chi connectivity index (χ3n) is 3.67. The normalized spacial score (nSPS) is 10.2. The predicted molar refractivity (Wildman–Crippen MR) is 103 cm³/mol. The molecule has 3 aromatic rings. The molecule has 2 amide bonds. The lowest BCUT2D eigenvalue weighted by Crippen LogP contribution is -2.13. The van der Waals surface area contributed by atoms with Gasteiger partial charge in [-0.15, -0.1) is 0 Å². The first kappa shape index (κ1) is 19.0. The number of benzene rings is 2. The Bertz CT molecular complexity index is 1010. The second-order valence-electron chi connectivity index (χ2n) is 5.89. The van der Waals surface area contributed by atoms with Crippen molar-refractivity contribution < 1.29 is 18.4 Å². The zero-order chi connectivity index (χ0) is 20.1. The van der Waals surface area contributed by atoms with Crippen LogP contribution in [0.15, 0.2) is 60.8 Å². The van der Waals surface area contributed by atoms with E-state index in [1.807, 2.05) is 0 Å². The van der Waals surface area contributed by atoms with E-state index >= 15 is 0 Å². The fourth-order valence-electron chi connectivity index (χ4n) is 2.38. The van der Waals surface area contributed by atoms with Gasteiger partial charge in [0.05, 0.1) is 17.6 Å². The second kappa shape index (κ2) is 8.26. The van der Waals surface area contributed by atoms with Crippen LogP contribution in [-0.4, -0.2) is 16.8 Å². The van der Waals surface area contributed by atoms with E-state index in [2.05, 4.69) is 20.9 Å². The largest absolute Gasteiger partial charge is 0.352 e. The van der Waals surface area contributed by atoms with Gasteiger partial charge in [0.1, 0.15) is 17.3 Å². The van der Waals surface area contributed by atoms with Crippen molar-refractivity contribution >= 4 is 34.6 Å². The minimum Gasteiger partial charge on any atom is -0.352 e. The molecule has 0 aliphatic rings. The number of nitrogens with zero attached hydrogens (tertiary/aromatic N) is 1. The van der Waals surface area contributed by atoms with Gasteiger partial charge in [0.15, 0.2) is 0 Å². The van der Waals surface area contributed by atoms with Crippen molar-refractivity contribution in [3.05, 3.63) is 78.1 Å². The summed E-state index contributed by atoms with van der Waals surface area (Å²) in [6.45, 7) is 1.41.